The van der Waals surface area contributed by atoms with Gasteiger partial charge in [0.05, 0.1) is 24.4 Å². The lowest BCUT2D eigenvalue weighted by Gasteiger charge is -2.28. The second-order valence-electron chi connectivity index (χ2n) is 6.34. The molecule has 2 heterocycles. The van der Waals surface area contributed by atoms with Crippen LogP contribution in [0.15, 0.2) is 42.5 Å². The van der Waals surface area contributed by atoms with Crippen LogP contribution in [0.25, 0.3) is 16.3 Å². The summed E-state index contributed by atoms with van der Waals surface area (Å²) in [4.78, 5) is 19.0. The molecule has 3 aromatic rings. The van der Waals surface area contributed by atoms with Crippen LogP contribution in [0, 0.1) is 0 Å². The van der Waals surface area contributed by atoms with E-state index in [2.05, 4.69) is 4.98 Å². The van der Waals surface area contributed by atoms with Gasteiger partial charge in [-0.05, 0) is 47.9 Å². The number of nitrogens with zero attached hydrogens (tertiary/aromatic N) is 2. The highest BCUT2D eigenvalue weighted by Gasteiger charge is 2.21. The number of thiazole rings is 1. The van der Waals surface area contributed by atoms with Crippen LogP contribution in [0.1, 0.15) is 16.1 Å². The molecule has 0 fully saturated rings. The third-order valence-corrected chi connectivity index (χ3v) is 5.71. The van der Waals surface area contributed by atoms with Crippen LogP contribution in [-0.4, -0.2) is 36.6 Å². The highest BCUT2D eigenvalue weighted by atomic mass is 32.1. The Labute approximate surface area is 161 Å². The average molecular weight is 380 g/mol. The molecule has 0 bridgehead atoms. The van der Waals surface area contributed by atoms with E-state index in [1.165, 1.54) is 5.56 Å². The molecule has 6 heteroatoms. The first-order valence-corrected chi connectivity index (χ1v) is 9.56. The van der Waals surface area contributed by atoms with E-state index < -0.39 is 0 Å². The summed E-state index contributed by atoms with van der Waals surface area (Å²) in [6.45, 7) is 1.25. The largest absolute Gasteiger partial charge is 0.493 e. The molecule has 0 spiro atoms. The van der Waals surface area contributed by atoms with E-state index in [-0.39, 0.29) is 5.91 Å². The summed E-state index contributed by atoms with van der Waals surface area (Å²) in [5, 5.41) is 0.841. The van der Waals surface area contributed by atoms with Gasteiger partial charge in [0.2, 0.25) is 5.91 Å². The quantitative estimate of drug-likeness (QED) is 0.644. The molecule has 2 aromatic carbocycles. The highest BCUT2D eigenvalue weighted by Crippen LogP contribution is 2.33. The molecule has 0 atom stereocenters. The first-order valence-electron chi connectivity index (χ1n) is 8.74. The molecule has 4 rings (SSSR count). The molecule has 0 unspecified atom stereocenters. The fraction of sp³-hybridized carbons (Fsp3) is 0.238. The van der Waals surface area contributed by atoms with Gasteiger partial charge in [0.1, 0.15) is 5.01 Å². The predicted molar refractivity (Wildman–Crippen MR) is 107 cm³/mol. The summed E-state index contributed by atoms with van der Waals surface area (Å²) < 4.78 is 11.9. The van der Waals surface area contributed by atoms with Crippen LogP contribution >= 0.6 is 11.3 Å². The number of rotatable bonds is 4. The lowest BCUT2D eigenvalue weighted by Crippen LogP contribution is -2.34. The Morgan fingerprint density at radius 2 is 1.89 bits per heavy atom. The van der Waals surface area contributed by atoms with Gasteiger partial charge in [0, 0.05) is 19.2 Å². The number of hydrogen-bond acceptors (Lipinski definition) is 5. The normalized spacial score (nSPS) is 13.8. The van der Waals surface area contributed by atoms with E-state index >= 15 is 0 Å². The smallest absolute Gasteiger partial charge is 0.246 e. The summed E-state index contributed by atoms with van der Waals surface area (Å²) >= 11 is 1.58. The maximum atomic E-state index is 12.6. The molecular weight excluding hydrogens is 360 g/mol. The minimum Gasteiger partial charge on any atom is -0.493 e. The summed E-state index contributed by atoms with van der Waals surface area (Å²) in [7, 11) is 3.26. The summed E-state index contributed by atoms with van der Waals surface area (Å²) in [5.41, 5.74) is 3.26. The van der Waals surface area contributed by atoms with Crippen molar-refractivity contribution in [1.82, 2.24) is 9.88 Å². The van der Waals surface area contributed by atoms with E-state index in [0.717, 1.165) is 33.0 Å². The maximum Gasteiger partial charge on any atom is 0.246 e. The number of hydrogen-bond donors (Lipinski definition) is 0. The van der Waals surface area contributed by atoms with Gasteiger partial charge in [-0.25, -0.2) is 4.98 Å². The molecule has 0 N–H and O–H groups in total. The molecule has 0 saturated carbocycles. The van der Waals surface area contributed by atoms with E-state index in [0.29, 0.717) is 18.8 Å². The van der Waals surface area contributed by atoms with Crippen molar-refractivity contribution >= 4 is 33.5 Å². The second-order valence-corrected chi connectivity index (χ2v) is 7.40. The Hall–Kier alpha value is -2.86. The Morgan fingerprint density at radius 1 is 1.15 bits per heavy atom. The van der Waals surface area contributed by atoms with Gasteiger partial charge in [-0.1, -0.05) is 12.1 Å². The molecule has 1 aromatic heterocycles. The second kappa shape index (κ2) is 7.40. The van der Waals surface area contributed by atoms with E-state index in [9.17, 15) is 4.79 Å². The molecule has 0 radical (unpaired) electrons. The van der Waals surface area contributed by atoms with Crippen molar-refractivity contribution in [3.8, 4) is 11.5 Å². The van der Waals surface area contributed by atoms with E-state index in [1.54, 1.807) is 37.7 Å². The van der Waals surface area contributed by atoms with Gasteiger partial charge in [-0.2, -0.15) is 0 Å². The van der Waals surface area contributed by atoms with Crippen LogP contribution in [0.5, 0.6) is 11.5 Å². The van der Waals surface area contributed by atoms with Crippen molar-refractivity contribution in [2.45, 2.75) is 13.0 Å². The van der Waals surface area contributed by atoms with Crippen molar-refractivity contribution in [3.05, 3.63) is 58.6 Å². The third-order valence-electron chi connectivity index (χ3n) is 4.71. The number of aromatic nitrogens is 1. The molecule has 1 aliphatic heterocycles. The lowest BCUT2D eigenvalue weighted by molar-refractivity contribution is -0.126. The first kappa shape index (κ1) is 17.5. The predicted octanol–water partition coefficient (Wildman–Crippen LogP) is 3.91. The molecule has 5 nitrogen and oxygen atoms in total. The van der Waals surface area contributed by atoms with Gasteiger partial charge >= 0.3 is 0 Å². The van der Waals surface area contributed by atoms with Crippen LogP contribution in [0.4, 0.5) is 0 Å². The van der Waals surface area contributed by atoms with Gasteiger partial charge in [0.15, 0.2) is 11.5 Å². The molecule has 1 aliphatic rings. The van der Waals surface area contributed by atoms with Crippen LogP contribution in [-0.2, 0) is 17.8 Å². The number of ether oxygens (including phenoxy) is 2. The van der Waals surface area contributed by atoms with Gasteiger partial charge in [-0.3, -0.25) is 4.79 Å². The van der Waals surface area contributed by atoms with Crippen molar-refractivity contribution in [2.75, 3.05) is 20.8 Å². The number of benzene rings is 2. The number of para-hydroxylation sites is 1. The van der Waals surface area contributed by atoms with Crippen molar-refractivity contribution in [1.29, 1.82) is 0 Å². The lowest BCUT2D eigenvalue weighted by atomic mass is 9.98. The van der Waals surface area contributed by atoms with Gasteiger partial charge in [0.25, 0.3) is 0 Å². The third kappa shape index (κ3) is 3.53. The fourth-order valence-electron chi connectivity index (χ4n) is 3.28. The van der Waals surface area contributed by atoms with Crippen LogP contribution in [0.2, 0.25) is 0 Å². The molecule has 0 aliphatic carbocycles. The minimum absolute atomic E-state index is 0.00492. The summed E-state index contributed by atoms with van der Waals surface area (Å²) in [6, 6.07) is 11.9. The number of carbonyl (C=O) groups excluding carboxylic acids is 1. The number of methoxy groups -OCH3 is 2. The maximum absolute atomic E-state index is 12.6. The monoisotopic (exact) mass is 380 g/mol. The Morgan fingerprint density at radius 3 is 2.63 bits per heavy atom. The highest BCUT2D eigenvalue weighted by molar-refractivity contribution is 7.19. The zero-order valence-corrected chi connectivity index (χ0v) is 16.1. The van der Waals surface area contributed by atoms with Crippen LogP contribution in [0.3, 0.4) is 0 Å². The van der Waals surface area contributed by atoms with Gasteiger partial charge in [-0.15, -0.1) is 11.3 Å². The summed E-state index contributed by atoms with van der Waals surface area (Å²) in [6.07, 6.45) is 4.22. The zero-order chi connectivity index (χ0) is 18.8. The molecule has 27 heavy (non-hydrogen) atoms. The fourth-order valence-corrected chi connectivity index (χ4v) is 4.15. The Balaban J connectivity index is 1.50. The van der Waals surface area contributed by atoms with E-state index in [1.807, 2.05) is 41.3 Å². The van der Waals surface area contributed by atoms with E-state index in [4.69, 9.17) is 9.47 Å². The number of amides is 1. The standard InChI is InChI=1S/C21H20N2O3S/c1-25-17-11-14-9-10-23(13-15(14)12-18(17)26-2)21(24)8-7-20-22-16-5-3-4-6-19(16)27-20/h3-8,11-12H,9-10,13H2,1-2H3/b8-7+. The Kier molecular flexibility index (Phi) is 4.81. The van der Waals surface area contributed by atoms with Crippen LogP contribution < -0.4 is 9.47 Å². The van der Waals surface area contributed by atoms with Crippen molar-refractivity contribution < 1.29 is 14.3 Å². The molecule has 138 valence electrons. The number of carbonyl (C=O) groups is 1. The zero-order valence-electron chi connectivity index (χ0n) is 15.3. The average Bonchev–Trinajstić information content (AvgIpc) is 3.13. The molecular formula is C21H20N2O3S. The topological polar surface area (TPSA) is 51.7 Å². The van der Waals surface area contributed by atoms with Crippen molar-refractivity contribution in [2.24, 2.45) is 0 Å². The first-order chi connectivity index (χ1) is 13.2. The van der Waals surface area contributed by atoms with Crippen molar-refractivity contribution in [3.63, 3.8) is 0 Å². The van der Waals surface area contributed by atoms with Gasteiger partial charge < -0.3 is 14.4 Å². The molecule has 1 amide bonds. The Bertz CT molecular complexity index is 992. The SMILES string of the molecule is COc1cc2c(cc1OC)CN(C(=O)/C=C/c1nc3ccccc3s1)CC2. The summed E-state index contributed by atoms with van der Waals surface area (Å²) in [5.74, 6) is 1.41. The molecule has 0 saturated heterocycles. The minimum atomic E-state index is -0.00492. The number of fused-ring (bicyclic) bond motifs is 2.